The van der Waals surface area contributed by atoms with Crippen LogP contribution in [0.15, 0.2) is 24.3 Å². The summed E-state index contributed by atoms with van der Waals surface area (Å²) in [6.45, 7) is 11.1. The van der Waals surface area contributed by atoms with Crippen LogP contribution in [0.2, 0.25) is 0 Å². The van der Waals surface area contributed by atoms with Crippen molar-refractivity contribution in [3.63, 3.8) is 0 Å². The van der Waals surface area contributed by atoms with Gasteiger partial charge in [0.05, 0.1) is 11.4 Å². The second-order valence-electron chi connectivity index (χ2n) is 5.44. The smallest absolute Gasteiger partial charge is 0.224 e. The number of benzene rings is 1. The number of amides is 1. The monoisotopic (exact) mass is 262 g/mol. The average molecular weight is 262 g/mol. The number of nitrogens with one attached hydrogen (secondary N) is 1. The van der Waals surface area contributed by atoms with Crippen LogP contribution in [0, 0.1) is 5.92 Å². The number of hydrogen-bond acceptors (Lipinski definition) is 2. The maximum atomic E-state index is 11.9. The highest BCUT2D eigenvalue weighted by Gasteiger charge is 2.19. The van der Waals surface area contributed by atoms with Crippen LogP contribution in [-0.2, 0) is 4.79 Å². The molecule has 1 rings (SSSR count). The fraction of sp³-hybridized carbons (Fsp3) is 0.562. The summed E-state index contributed by atoms with van der Waals surface area (Å²) in [5.41, 5.74) is 2.01. The number of carbonyl (C=O) groups excluding carboxylic acids is 1. The standard InChI is InChI=1S/C16H26N2O/c1-6-13(4)18(14(5)19)16-10-8-7-9-15(16)17-11-12(2)3/h7-10,12-13,17H,6,11H2,1-5H3. The molecule has 0 aromatic heterocycles. The van der Waals surface area contributed by atoms with E-state index in [4.69, 9.17) is 0 Å². The second kappa shape index (κ2) is 7.17. The first-order valence-corrected chi connectivity index (χ1v) is 7.10. The van der Waals surface area contributed by atoms with E-state index in [2.05, 4.69) is 33.0 Å². The van der Waals surface area contributed by atoms with Gasteiger partial charge in [-0.3, -0.25) is 4.79 Å². The lowest BCUT2D eigenvalue weighted by molar-refractivity contribution is -0.117. The third kappa shape index (κ3) is 4.27. The van der Waals surface area contributed by atoms with Gasteiger partial charge in [0.15, 0.2) is 0 Å². The van der Waals surface area contributed by atoms with Crippen LogP contribution < -0.4 is 10.2 Å². The van der Waals surface area contributed by atoms with E-state index in [1.54, 1.807) is 6.92 Å². The predicted octanol–water partition coefficient (Wildman–Crippen LogP) is 3.91. The van der Waals surface area contributed by atoms with Gasteiger partial charge >= 0.3 is 0 Å². The Labute approximate surface area is 117 Å². The van der Waals surface area contributed by atoms with Gasteiger partial charge in [0, 0.05) is 19.5 Å². The molecule has 3 nitrogen and oxygen atoms in total. The molecule has 0 saturated heterocycles. The molecular weight excluding hydrogens is 236 g/mol. The minimum atomic E-state index is 0.0909. The average Bonchev–Trinajstić information content (AvgIpc) is 2.37. The van der Waals surface area contributed by atoms with Gasteiger partial charge < -0.3 is 10.2 Å². The van der Waals surface area contributed by atoms with E-state index in [1.807, 2.05) is 29.2 Å². The molecule has 0 bridgehead atoms. The summed E-state index contributed by atoms with van der Waals surface area (Å²) in [5, 5.41) is 3.43. The van der Waals surface area contributed by atoms with Gasteiger partial charge in [-0.2, -0.15) is 0 Å². The van der Waals surface area contributed by atoms with Crippen LogP contribution in [0.4, 0.5) is 11.4 Å². The second-order valence-corrected chi connectivity index (χ2v) is 5.44. The van der Waals surface area contributed by atoms with E-state index in [0.717, 1.165) is 24.3 Å². The number of nitrogens with zero attached hydrogens (tertiary/aromatic N) is 1. The number of hydrogen-bond donors (Lipinski definition) is 1. The maximum absolute atomic E-state index is 11.9. The van der Waals surface area contributed by atoms with Gasteiger partial charge in [0.25, 0.3) is 0 Å². The Morgan fingerprint density at radius 2 is 1.89 bits per heavy atom. The lowest BCUT2D eigenvalue weighted by Gasteiger charge is -2.29. The van der Waals surface area contributed by atoms with Crippen molar-refractivity contribution in [2.45, 2.75) is 47.1 Å². The Morgan fingerprint density at radius 3 is 2.42 bits per heavy atom. The molecule has 1 atom stereocenters. The van der Waals surface area contributed by atoms with E-state index < -0.39 is 0 Å². The fourth-order valence-corrected chi connectivity index (χ4v) is 2.05. The Kier molecular flexibility index (Phi) is 5.87. The third-order valence-corrected chi connectivity index (χ3v) is 3.24. The first-order chi connectivity index (χ1) is 8.97. The normalized spacial score (nSPS) is 12.3. The highest BCUT2D eigenvalue weighted by atomic mass is 16.2. The van der Waals surface area contributed by atoms with E-state index in [1.165, 1.54) is 0 Å². The summed E-state index contributed by atoms with van der Waals surface area (Å²) < 4.78 is 0. The molecule has 0 radical (unpaired) electrons. The molecule has 19 heavy (non-hydrogen) atoms. The molecule has 0 aliphatic heterocycles. The van der Waals surface area contributed by atoms with Gasteiger partial charge in [-0.15, -0.1) is 0 Å². The fourth-order valence-electron chi connectivity index (χ4n) is 2.05. The molecule has 3 heteroatoms. The number of para-hydroxylation sites is 2. The molecule has 0 aliphatic rings. The molecule has 1 amide bonds. The quantitative estimate of drug-likeness (QED) is 0.843. The summed E-state index contributed by atoms with van der Waals surface area (Å²) in [7, 11) is 0. The first-order valence-electron chi connectivity index (χ1n) is 7.10. The summed E-state index contributed by atoms with van der Waals surface area (Å²) in [4.78, 5) is 13.8. The minimum absolute atomic E-state index is 0.0909. The summed E-state index contributed by atoms with van der Waals surface area (Å²) in [5.74, 6) is 0.663. The number of anilines is 2. The molecule has 1 aromatic carbocycles. The molecule has 1 N–H and O–H groups in total. The van der Waals surface area contributed by atoms with Gasteiger partial charge in [-0.25, -0.2) is 0 Å². The molecular formula is C16H26N2O. The van der Waals surface area contributed by atoms with Gasteiger partial charge in [0.2, 0.25) is 5.91 Å². The number of carbonyl (C=O) groups is 1. The topological polar surface area (TPSA) is 32.3 Å². The van der Waals surface area contributed by atoms with Crippen LogP contribution in [0.3, 0.4) is 0 Å². The van der Waals surface area contributed by atoms with Crippen LogP contribution >= 0.6 is 0 Å². The maximum Gasteiger partial charge on any atom is 0.224 e. The number of rotatable bonds is 6. The molecule has 1 unspecified atom stereocenters. The van der Waals surface area contributed by atoms with Crippen molar-refractivity contribution in [2.24, 2.45) is 5.92 Å². The van der Waals surface area contributed by atoms with Crippen molar-refractivity contribution >= 4 is 17.3 Å². The van der Waals surface area contributed by atoms with Crippen LogP contribution in [0.5, 0.6) is 0 Å². The van der Waals surface area contributed by atoms with Gasteiger partial charge in [-0.1, -0.05) is 32.9 Å². The molecule has 0 spiro atoms. The summed E-state index contributed by atoms with van der Waals surface area (Å²) >= 11 is 0. The van der Waals surface area contributed by atoms with Gasteiger partial charge in [-0.05, 0) is 31.4 Å². The van der Waals surface area contributed by atoms with Crippen LogP contribution in [0.25, 0.3) is 0 Å². The lowest BCUT2D eigenvalue weighted by Crippen LogP contribution is -2.37. The van der Waals surface area contributed by atoms with E-state index in [9.17, 15) is 4.79 Å². The SMILES string of the molecule is CCC(C)N(C(C)=O)c1ccccc1NCC(C)C. The molecule has 106 valence electrons. The zero-order valence-electron chi connectivity index (χ0n) is 12.7. The highest BCUT2D eigenvalue weighted by Crippen LogP contribution is 2.28. The van der Waals surface area contributed by atoms with Crippen LogP contribution in [-0.4, -0.2) is 18.5 Å². The molecule has 0 saturated carbocycles. The Bertz CT molecular complexity index is 415. The highest BCUT2D eigenvalue weighted by molar-refractivity contribution is 5.95. The third-order valence-electron chi connectivity index (χ3n) is 3.24. The van der Waals surface area contributed by atoms with E-state index >= 15 is 0 Å². The molecule has 0 heterocycles. The van der Waals surface area contributed by atoms with Crippen molar-refractivity contribution in [3.05, 3.63) is 24.3 Å². The lowest BCUT2D eigenvalue weighted by atomic mass is 10.1. The Hall–Kier alpha value is -1.51. The van der Waals surface area contributed by atoms with Crippen molar-refractivity contribution in [1.82, 2.24) is 0 Å². The summed E-state index contributed by atoms with van der Waals surface area (Å²) in [6, 6.07) is 8.24. The summed E-state index contributed by atoms with van der Waals surface area (Å²) in [6.07, 6.45) is 0.943. The first kappa shape index (κ1) is 15.5. The Balaban J connectivity index is 3.05. The van der Waals surface area contributed by atoms with Crippen molar-refractivity contribution < 1.29 is 4.79 Å². The van der Waals surface area contributed by atoms with Crippen molar-refractivity contribution in [2.75, 3.05) is 16.8 Å². The largest absolute Gasteiger partial charge is 0.383 e. The van der Waals surface area contributed by atoms with Crippen molar-refractivity contribution in [1.29, 1.82) is 0 Å². The van der Waals surface area contributed by atoms with E-state index in [0.29, 0.717) is 5.92 Å². The zero-order valence-corrected chi connectivity index (χ0v) is 12.7. The van der Waals surface area contributed by atoms with E-state index in [-0.39, 0.29) is 11.9 Å². The minimum Gasteiger partial charge on any atom is -0.383 e. The Morgan fingerprint density at radius 1 is 1.26 bits per heavy atom. The predicted molar refractivity (Wildman–Crippen MR) is 82.7 cm³/mol. The zero-order chi connectivity index (χ0) is 14.4. The molecule has 1 aromatic rings. The van der Waals surface area contributed by atoms with Crippen LogP contribution in [0.1, 0.15) is 41.0 Å². The van der Waals surface area contributed by atoms with Gasteiger partial charge in [0.1, 0.15) is 0 Å². The molecule has 0 fully saturated rings. The van der Waals surface area contributed by atoms with Crippen molar-refractivity contribution in [3.8, 4) is 0 Å². The molecule has 0 aliphatic carbocycles.